The second-order valence-corrected chi connectivity index (χ2v) is 11.5. The van der Waals surface area contributed by atoms with E-state index in [1.54, 1.807) is 0 Å². The summed E-state index contributed by atoms with van der Waals surface area (Å²) in [5.74, 6) is 0. The zero-order valence-electron chi connectivity index (χ0n) is 24.1. The molecule has 0 radical (unpaired) electrons. The lowest BCUT2D eigenvalue weighted by Gasteiger charge is -2.36. The Morgan fingerprint density at radius 1 is 0.452 bits per heavy atom. The molecule has 0 amide bonds. The largest absolute Gasteiger partial charge is 0.369 e. The van der Waals surface area contributed by atoms with Crippen molar-refractivity contribution >= 4 is 17.1 Å². The van der Waals surface area contributed by atoms with Crippen molar-refractivity contribution in [1.82, 2.24) is 4.90 Å². The second kappa shape index (κ2) is 12.1. The van der Waals surface area contributed by atoms with E-state index in [0.717, 1.165) is 52.5 Å². The minimum Gasteiger partial charge on any atom is -0.369 e. The molecule has 2 aliphatic rings. The number of nitrogens with zero attached hydrogens (tertiary/aromatic N) is 4. The molecule has 0 N–H and O–H groups in total. The van der Waals surface area contributed by atoms with Crippen molar-refractivity contribution in [2.45, 2.75) is 19.6 Å². The maximum Gasteiger partial charge on any atom is 0.0911 e. The zero-order chi connectivity index (χ0) is 28.1. The number of piperazine rings is 1. The van der Waals surface area contributed by atoms with Gasteiger partial charge < -0.3 is 14.7 Å². The summed E-state index contributed by atoms with van der Waals surface area (Å²) in [5.41, 5.74) is 10.7. The van der Waals surface area contributed by atoms with Gasteiger partial charge in [0.1, 0.15) is 0 Å². The molecular formula is C38H38N4. The average Bonchev–Trinajstić information content (AvgIpc) is 3.39. The Kier molecular flexibility index (Phi) is 7.62. The third kappa shape index (κ3) is 5.77. The van der Waals surface area contributed by atoms with Crippen LogP contribution in [0.25, 0.3) is 11.1 Å². The zero-order valence-corrected chi connectivity index (χ0v) is 24.1. The smallest absolute Gasteiger partial charge is 0.0911 e. The van der Waals surface area contributed by atoms with E-state index in [9.17, 15) is 0 Å². The topological polar surface area (TPSA) is 13.0 Å². The molecule has 0 aromatic heterocycles. The van der Waals surface area contributed by atoms with E-state index in [1.807, 2.05) is 0 Å². The highest BCUT2D eigenvalue weighted by Crippen LogP contribution is 2.37. The van der Waals surface area contributed by atoms with E-state index in [4.69, 9.17) is 0 Å². The highest BCUT2D eigenvalue weighted by molar-refractivity contribution is 5.76. The Morgan fingerprint density at radius 3 is 1.67 bits per heavy atom. The van der Waals surface area contributed by atoms with E-state index in [-0.39, 0.29) is 0 Å². The van der Waals surface area contributed by atoms with Gasteiger partial charge in [0.2, 0.25) is 0 Å². The van der Waals surface area contributed by atoms with Gasteiger partial charge in [0.25, 0.3) is 0 Å². The molecule has 0 saturated carbocycles. The molecule has 0 aliphatic carbocycles. The fraction of sp³-hybridized carbons (Fsp3) is 0.211. The van der Waals surface area contributed by atoms with E-state index in [1.165, 1.54) is 44.9 Å². The van der Waals surface area contributed by atoms with Crippen LogP contribution in [0.4, 0.5) is 17.1 Å². The van der Waals surface area contributed by atoms with Gasteiger partial charge in [-0.1, -0.05) is 109 Å². The molecule has 0 bridgehead atoms. The van der Waals surface area contributed by atoms with E-state index < -0.39 is 0 Å². The fourth-order valence-electron chi connectivity index (χ4n) is 6.43. The van der Waals surface area contributed by atoms with Crippen LogP contribution in [0.5, 0.6) is 0 Å². The monoisotopic (exact) mass is 550 g/mol. The van der Waals surface area contributed by atoms with Crippen molar-refractivity contribution in [3.05, 3.63) is 150 Å². The summed E-state index contributed by atoms with van der Waals surface area (Å²) in [7, 11) is 0. The third-order valence-corrected chi connectivity index (χ3v) is 8.66. The van der Waals surface area contributed by atoms with E-state index >= 15 is 0 Å². The van der Waals surface area contributed by atoms with Gasteiger partial charge in [0.05, 0.1) is 18.0 Å². The fourth-order valence-corrected chi connectivity index (χ4v) is 6.43. The Labute approximate surface area is 250 Å². The van der Waals surface area contributed by atoms with Crippen LogP contribution in [0.2, 0.25) is 0 Å². The van der Waals surface area contributed by atoms with Crippen LogP contribution in [-0.2, 0) is 19.6 Å². The first kappa shape index (κ1) is 26.4. The molecule has 1 saturated heterocycles. The molecule has 0 spiro atoms. The summed E-state index contributed by atoms with van der Waals surface area (Å²) in [4.78, 5) is 10.1. The molecule has 1 fully saturated rings. The average molecular weight is 551 g/mol. The predicted octanol–water partition coefficient (Wildman–Crippen LogP) is 7.66. The van der Waals surface area contributed by atoms with Crippen LogP contribution in [0.15, 0.2) is 133 Å². The van der Waals surface area contributed by atoms with Gasteiger partial charge in [-0.15, -0.1) is 0 Å². The maximum absolute atomic E-state index is 2.60. The van der Waals surface area contributed by atoms with Crippen LogP contribution >= 0.6 is 0 Å². The van der Waals surface area contributed by atoms with Crippen LogP contribution in [0, 0.1) is 0 Å². The van der Waals surface area contributed by atoms with Gasteiger partial charge in [-0.25, -0.2) is 0 Å². The normalized spacial score (nSPS) is 15.2. The van der Waals surface area contributed by atoms with Crippen molar-refractivity contribution in [1.29, 1.82) is 0 Å². The van der Waals surface area contributed by atoms with Crippen molar-refractivity contribution in [3.8, 4) is 11.1 Å². The molecule has 42 heavy (non-hydrogen) atoms. The summed E-state index contributed by atoms with van der Waals surface area (Å²) >= 11 is 0. The summed E-state index contributed by atoms with van der Waals surface area (Å²) in [6, 6.07) is 48.5. The number of para-hydroxylation sites is 2. The number of hydrogen-bond donors (Lipinski definition) is 0. The van der Waals surface area contributed by atoms with Gasteiger partial charge in [0, 0.05) is 51.5 Å². The molecule has 7 rings (SSSR count). The molecule has 4 nitrogen and oxygen atoms in total. The number of benzene rings is 5. The maximum atomic E-state index is 2.60. The highest BCUT2D eigenvalue weighted by atomic mass is 15.4. The SMILES string of the molecule is c1ccc(CN2CN(Cc3ccc(N4CCN(Cc5ccccc5-c5ccccc5)CC4)cc3)c3ccccc32)cc1. The lowest BCUT2D eigenvalue weighted by Crippen LogP contribution is -2.46. The predicted molar refractivity (Wildman–Crippen MR) is 176 cm³/mol. The molecule has 2 heterocycles. The van der Waals surface area contributed by atoms with Crippen LogP contribution in [0.3, 0.4) is 0 Å². The molecule has 5 aromatic rings. The van der Waals surface area contributed by atoms with E-state index in [0.29, 0.717) is 0 Å². The van der Waals surface area contributed by atoms with Crippen molar-refractivity contribution in [3.63, 3.8) is 0 Å². The Bertz CT molecular complexity index is 1590. The number of fused-ring (bicyclic) bond motifs is 1. The lowest BCUT2D eigenvalue weighted by molar-refractivity contribution is 0.250. The van der Waals surface area contributed by atoms with Crippen molar-refractivity contribution in [2.75, 3.05) is 47.5 Å². The molecule has 0 unspecified atom stereocenters. The van der Waals surface area contributed by atoms with Gasteiger partial charge in [-0.2, -0.15) is 0 Å². The third-order valence-electron chi connectivity index (χ3n) is 8.66. The molecule has 4 heteroatoms. The van der Waals surface area contributed by atoms with Gasteiger partial charge in [-0.05, 0) is 52.1 Å². The number of hydrogen-bond acceptors (Lipinski definition) is 4. The molecule has 2 aliphatic heterocycles. The first-order valence-electron chi connectivity index (χ1n) is 15.1. The molecule has 5 aromatic carbocycles. The quantitative estimate of drug-likeness (QED) is 0.197. The minimum absolute atomic E-state index is 0.908. The Hall–Kier alpha value is -4.54. The summed E-state index contributed by atoms with van der Waals surface area (Å²) in [6.07, 6.45) is 0. The summed E-state index contributed by atoms with van der Waals surface area (Å²) < 4.78 is 0. The van der Waals surface area contributed by atoms with Crippen LogP contribution < -0.4 is 14.7 Å². The van der Waals surface area contributed by atoms with Gasteiger partial charge >= 0.3 is 0 Å². The van der Waals surface area contributed by atoms with Crippen LogP contribution in [-0.4, -0.2) is 37.7 Å². The molecule has 210 valence electrons. The van der Waals surface area contributed by atoms with Gasteiger partial charge in [-0.3, -0.25) is 4.90 Å². The molecule has 0 atom stereocenters. The van der Waals surface area contributed by atoms with E-state index in [2.05, 4.69) is 153 Å². The molecular weight excluding hydrogens is 512 g/mol. The second-order valence-electron chi connectivity index (χ2n) is 11.5. The minimum atomic E-state index is 0.908. The van der Waals surface area contributed by atoms with Crippen LogP contribution in [0.1, 0.15) is 16.7 Å². The van der Waals surface area contributed by atoms with Gasteiger partial charge in [0.15, 0.2) is 0 Å². The summed E-state index contributed by atoms with van der Waals surface area (Å²) in [6.45, 7) is 8.01. The number of anilines is 3. The Balaban J connectivity index is 0.964. The summed E-state index contributed by atoms with van der Waals surface area (Å²) in [5, 5.41) is 0. The highest BCUT2D eigenvalue weighted by Gasteiger charge is 2.25. The first-order chi connectivity index (χ1) is 20.8. The lowest BCUT2D eigenvalue weighted by atomic mass is 9.99. The number of rotatable bonds is 8. The Morgan fingerprint density at radius 2 is 1.00 bits per heavy atom. The van der Waals surface area contributed by atoms with Crippen molar-refractivity contribution < 1.29 is 0 Å². The standard InChI is InChI=1S/C38H38N4/c1-3-11-31(12-4-1)27-41-30-42(38-18-10-9-17-37(38)41)28-32-19-21-35(22-20-32)40-25-23-39(24-26-40)29-34-15-7-8-16-36(34)33-13-5-2-6-14-33/h1-22H,23-30H2. The first-order valence-corrected chi connectivity index (χ1v) is 15.1. The van der Waals surface area contributed by atoms with Crippen molar-refractivity contribution in [2.24, 2.45) is 0 Å².